The van der Waals surface area contributed by atoms with Crippen molar-refractivity contribution in [2.24, 2.45) is 4.99 Å². The van der Waals surface area contributed by atoms with Gasteiger partial charge in [0.1, 0.15) is 0 Å². The minimum absolute atomic E-state index is 0.350. The molecule has 0 atom stereocenters. The van der Waals surface area contributed by atoms with E-state index < -0.39 is 0 Å². The molecule has 7 nitrogen and oxygen atoms in total. The van der Waals surface area contributed by atoms with Crippen LogP contribution in [-0.2, 0) is 20.8 Å². The second-order valence-electron chi connectivity index (χ2n) is 7.53. The molecule has 1 aromatic carbocycles. The predicted molar refractivity (Wildman–Crippen MR) is 117 cm³/mol. The molecular weight excluding hydrogens is 368 g/mol. The number of benzene rings is 1. The Hall–Kier alpha value is -1.83. The summed E-state index contributed by atoms with van der Waals surface area (Å²) in [6.07, 6.45) is 3.39. The molecule has 0 radical (unpaired) electrons. The number of guanidine groups is 1. The first-order valence-corrected chi connectivity index (χ1v) is 10.8. The first-order valence-electron chi connectivity index (χ1n) is 10.8. The zero-order valence-corrected chi connectivity index (χ0v) is 17.9. The van der Waals surface area contributed by atoms with E-state index in [9.17, 15) is 0 Å². The number of piperidine rings is 1. The summed E-state index contributed by atoms with van der Waals surface area (Å²) in [6, 6.07) is 8.62. The van der Waals surface area contributed by atoms with Crippen molar-refractivity contribution in [3.63, 3.8) is 0 Å². The molecule has 1 aromatic rings. The van der Waals surface area contributed by atoms with Gasteiger partial charge in [-0.15, -0.1) is 0 Å². The molecule has 0 amide bonds. The molecule has 2 heterocycles. The molecule has 0 spiro atoms. The Labute approximate surface area is 175 Å². The molecule has 3 rings (SSSR count). The molecule has 0 saturated carbocycles. The summed E-state index contributed by atoms with van der Waals surface area (Å²) >= 11 is 0. The molecule has 29 heavy (non-hydrogen) atoms. The van der Waals surface area contributed by atoms with E-state index in [1.54, 1.807) is 7.11 Å². The van der Waals surface area contributed by atoms with Crippen LogP contribution in [0, 0.1) is 0 Å². The summed E-state index contributed by atoms with van der Waals surface area (Å²) in [4.78, 5) is 9.27. The Morgan fingerprint density at radius 2 is 1.90 bits per heavy atom. The van der Waals surface area contributed by atoms with Crippen molar-refractivity contribution >= 4 is 11.6 Å². The van der Waals surface area contributed by atoms with Crippen LogP contribution < -0.4 is 10.2 Å². The fourth-order valence-corrected chi connectivity index (χ4v) is 3.97. The number of ether oxygens (including phenoxy) is 3. The number of nitrogens with one attached hydrogen (secondary N) is 1. The highest BCUT2D eigenvalue weighted by Crippen LogP contribution is 2.21. The van der Waals surface area contributed by atoms with Crippen molar-refractivity contribution in [3.05, 3.63) is 29.8 Å². The van der Waals surface area contributed by atoms with Gasteiger partial charge in [0.2, 0.25) is 0 Å². The molecule has 0 bridgehead atoms. The zero-order valence-electron chi connectivity index (χ0n) is 17.9. The number of hydrogen-bond donors (Lipinski definition) is 1. The second kappa shape index (κ2) is 12.0. The first kappa shape index (κ1) is 21.9. The summed E-state index contributed by atoms with van der Waals surface area (Å²) in [5, 5.41) is 3.57. The van der Waals surface area contributed by atoms with Crippen LogP contribution in [0.5, 0.6) is 0 Å². The molecule has 2 saturated heterocycles. The highest BCUT2D eigenvalue weighted by Gasteiger charge is 2.22. The fraction of sp³-hybridized carbons (Fsp3) is 0.682. The van der Waals surface area contributed by atoms with Crippen molar-refractivity contribution in [2.45, 2.75) is 31.9 Å². The lowest BCUT2D eigenvalue weighted by molar-refractivity contribution is 0.00989. The number of anilines is 1. The second-order valence-corrected chi connectivity index (χ2v) is 7.53. The van der Waals surface area contributed by atoms with Crippen LogP contribution in [0.15, 0.2) is 29.3 Å². The molecule has 2 aliphatic heterocycles. The van der Waals surface area contributed by atoms with Gasteiger partial charge in [0.15, 0.2) is 5.96 Å². The van der Waals surface area contributed by atoms with Crippen molar-refractivity contribution in [2.75, 3.05) is 71.7 Å². The van der Waals surface area contributed by atoms with Gasteiger partial charge in [-0.05, 0) is 30.9 Å². The van der Waals surface area contributed by atoms with E-state index >= 15 is 0 Å². The predicted octanol–water partition coefficient (Wildman–Crippen LogP) is 2.12. The highest BCUT2D eigenvalue weighted by molar-refractivity contribution is 5.80. The lowest BCUT2D eigenvalue weighted by Gasteiger charge is -2.34. The fourth-order valence-electron chi connectivity index (χ4n) is 3.97. The third kappa shape index (κ3) is 6.59. The van der Waals surface area contributed by atoms with Gasteiger partial charge < -0.3 is 29.3 Å². The van der Waals surface area contributed by atoms with Gasteiger partial charge in [-0.1, -0.05) is 18.2 Å². The van der Waals surface area contributed by atoms with E-state index in [4.69, 9.17) is 14.2 Å². The van der Waals surface area contributed by atoms with Gasteiger partial charge in [-0.3, -0.25) is 4.99 Å². The van der Waals surface area contributed by atoms with E-state index in [1.807, 2.05) is 7.05 Å². The van der Waals surface area contributed by atoms with Gasteiger partial charge in [-0.2, -0.15) is 0 Å². The molecule has 0 aromatic heterocycles. The third-order valence-electron chi connectivity index (χ3n) is 5.58. The molecule has 7 heteroatoms. The van der Waals surface area contributed by atoms with Crippen molar-refractivity contribution in [3.8, 4) is 0 Å². The minimum Gasteiger partial charge on any atom is -0.385 e. The summed E-state index contributed by atoms with van der Waals surface area (Å²) in [5.41, 5.74) is 2.59. The SMILES string of the molecule is CN=C(NCc1ccccc1N1CCOCC1)N1CCC(OCCCOC)CC1. The van der Waals surface area contributed by atoms with Crippen molar-refractivity contribution in [1.82, 2.24) is 10.2 Å². The molecule has 0 aliphatic carbocycles. The quantitative estimate of drug-likeness (QED) is 0.407. The number of nitrogens with zero attached hydrogens (tertiary/aromatic N) is 3. The average molecular weight is 405 g/mol. The third-order valence-corrected chi connectivity index (χ3v) is 5.58. The highest BCUT2D eigenvalue weighted by atomic mass is 16.5. The number of para-hydroxylation sites is 1. The number of likely N-dealkylation sites (tertiary alicyclic amines) is 1. The van der Waals surface area contributed by atoms with E-state index in [0.717, 1.165) is 84.4 Å². The topological polar surface area (TPSA) is 58.6 Å². The Balaban J connectivity index is 1.48. The maximum atomic E-state index is 5.98. The average Bonchev–Trinajstić information content (AvgIpc) is 2.79. The number of methoxy groups -OCH3 is 1. The van der Waals surface area contributed by atoms with Crippen LogP contribution in [0.1, 0.15) is 24.8 Å². The first-order chi connectivity index (χ1) is 14.3. The van der Waals surface area contributed by atoms with Crippen LogP contribution in [-0.4, -0.2) is 83.7 Å². The van der Waals surface area contributed by atoms with Crippen LogP contribution in [0.25, 0.3) is 0 Å². The van der Waals surface area contributed by atoms with Gasteiger partial charge in [0.05, 0.1) is 19.3 Å². The van der Waals surface area contributed by atoms with Crippen LogP contribution in [0.3, 0.4) is 0 Å². The number of rotatable bonds is 8. The lowest BCUT2D eigenvalue weighted by Crippen LogP contribution is -2.47. The Kier molecular flexibility index (Phi) is 9.05. The van der Waals surface area contributed by atoms with Crippen LogP contribution >= 0.6 is 0 Å². The van der Waals surface area contributed by atoms with Crippen LogP contribution in [0.2, 0.25) is 0 Å². The Bertz CT molecular complexity index is 626. The van der Waals surface area contributed by atoms with Crippen LogP contribution in [0.4, 0.5) is 5.69 Å². The van der Waals surface area contributed by atoms with Crippen molar-refractivity contribution in [1.29, 1.82) is 0 Å². The van der Waals surface area contributed by atoms with Gasteiger partial charge in [0, 0.05) is 65.8 Å². The summed E-state index contributed by atoms with van der Waals surface area (Å²) in [6.45, 7) is 7.75. The number of morpholine rings is 1. The molecule has 1 N–H and O–H groups in total. The normalized spacial score (nSPS) is 18.9. The molecule has 162 valence electrons. The van der Waals surface area contributed by atoms with Gasteiger partial charge >= 0.3 is 0 Å². The standard InChI is InChI=1S/C22H36N4O3/c1-23-22(26-10-8-20(9-11-26)29-15-5-14-27-2)24-18-19-6-3-4-7-21(19)25-12-16-28-17-13-25/h3-4,6-7,20H,5,8-18H2,1-2H3,(H,23,24). The summed E-state index contributed by atoms with van der Waals surface area (Å²) in [7, 11) is 3.60. The van der Waals surface area contributed by atoms with E-state index in [1.165, 1.54) is 11.3 Å². The minimum atomic E-state index is 0.350. The molecule has 0 unspecified atom stereocenters. The lowest BCUT2D eigenvalue weighted by atomic mass is 10.1. The Morgan fingerprint density at radius 1 is 1.14 bits per heavy atom. The largest absolute Gasteiger partial charge is 0.385 e. The molecule has 2 aliphatic rings. The maximum Gasteiger partial charge on any atom is 0.193 e. The maximum absolute atomic E-state index is 5.98. The Morgan fingerprint density at radius 3 is 2.62 bits per heavy atom. The molecule has 2 fully saturated rings. The van der Waals surface area contributed by atoms with Crippen molar-refractivity contribution < 1.29 is 14.2 Å². The summed E-state index contributed by atoms with van der Waals surface area (Å²) in [5.74, 6) is 0.972. The number of hydrogen-bond acceptors (Lipinski definition) is 5. The van der Waals surface area contributed by atoms with Gasteiger partial charge in [0.25, 0.3) is 0 Å². The van der Waals surface area contributed by atoms with E-state index in [2.05, 4.69) is 44.4 Å². The van der Waals surface area contributed by atoms with E-state index in [0.29, 0.717) is 6.10 Å². The van der Waals surface area contributed by atoms with E-state index in [-0.39, 0.29) is 0 Å². The smallest absolute Gasteiger partial charge is 0.193 e. The molecular formula is C22H36N4O3. The summed E-state index contributed by atoms with van der Waals surface area (Å²) < 4.78 is 16.6. The zero-order chi connectivity index (χ0) is 20.3. The number of aliphatic imine (C=N–C) groups is 1. The van der Waals surface area contributed by atoms with Gasteiger partial charge in [-0.25, -0.2) is 0 Å². The monoisotopic (exact) mass is 404 g/mol.